The van der Waals surface area contributed by atoms with Crippen molar-refractivity contribution in [2.24, 2.45) is 5.92 Å². The van der Waals surface area contributed by atoms with Gasteiger partial charge in [0, 0.05) is 85.4 Å². The average Bonchev–Trinajstić information content (AvgIpc) is 3.92. The maximum Gasteiger partial charge on any atom is 0.159 e. The molecule has 7 heteroatoms. The molecule has 0 spiro atoms. The fourth-order valence-corrected chi connectivity index (χ4v) is 9.56. The third-order valence-electron chi connectivity index (χ3n) is 11.8. The molecular weight excluding hydrogens is 617 g/mol. The van der Waals surface area contributed by atoms with Gasteiger partial charge < -0.3 is 33.8 Å². The minimum Gasteiger partial charge on any atom is -0.454 e. The number of fused-ring (bicyclic) bond motifs is 8. The van der Waals surface area contributed by atoms with Crippen LogP contribution in [0.25, 0.3) is 21.9 Å². The Morgan fingerprint density at radius 3 is 2.12 bits per heavy atom. The molecule has 5 aliphatic heterocycles. The number of hydrogen-bond acceptors (Lipinski definition) is 7. The summed E-state index contributed by atoms with van der Waals surface area (Å²) >= 11 is 0. The highest BCUT2D eigenvalue weighted by atomic mass is 16.3. The maximum atomic E-state index is 6.73. The predicted octanol–water partition coefficient (Wildman–Crippen LogP) is 8.58. The van der Waals surface area contributed by atoms with Crippen LogP contribution in [0.15, 0.2) is 127 Å². The lowest BCUT2D eigenvalue weighted by Gasteiger charge is -2.47. The van der Waals surface area contributed by atoms with Gasteiger partial charge in [0.1, 0.15) is 24.1 Å². The van der Waals surface area contributed by atoms with Gasteiger partial charge in [0.2, 0.25) is 0 Å². The third-order valence-corrected chi connectivity index (χ3v) is 11.8. The van der Waals surface area contributed by atoms with E-state index in [1.165, 1.54) is 38.8 Å². The van der Waals surface area contributed by atoms with Crippen molar-refractivity contribution in [3.05, 3.63) is 139 Å². The Morgan fingerprint density at radius 1 is 0.600 bits per heavy atom. The largest absolute Gasteiger partial charge is 0.454 e. The van der Waals surface area contributed by atoms with Gasteiger partial charge in [-0.2, -0.15) is 0 Å². The van der Waals surface area contributed by atoms with E-state index in [9.17, 15) is 0 Å². The predicted molar refractivity (Wildman–Crippen MR) is 203 cm³/mol. The zero-order valence-corrected chi connectivity index (χ0v) is 28.9. The molecule has 0 N–H and O–H groups in total. The van der Waals surface area contributed by atoms with Crippen LogP contribution in [0.5, 0.6) is 0 Å². The molecule has 6 heterocycles. The number of anilines is 3. The molecule has 5 aromatic rings. The number of furan rings is 1. The van der Waals surface area contributed by atoms with Crippen molar-refractivity contribution in [2.45, 2.75) is 57.5 Å². The highest BCUT2D eigenvalue weighted by molar-refractivity contribution is 6.09. The molecule has 10 rings (SSSR count). The van der Waals surface area contributed by atoms with Crippen LogP contribution in [-0.2, 0) is 12.8 Å². The van der Waals surface area contributed by atoms with E-state index in [-0.39, 0.29) is 24.4 Å². The van der Waals surface area contributed by atoms with Crippen LogP contribution in [0.4, 0.5) is 17.1 Å². The van der Waals surface area contributed by atoms with E-state index < -0.39 is 0 Å². The molecule has 1 saturated heterocycles. The number of benzene rings is 4. The third kappa shape index (κ3) is 4.55. The molecule has 0 amide bonds. The van der Waals surface area contributed by atoms with Crippen molar-refractivity contribution < 1.29 is 4.42 Å². The van der Waals surface area contributed by atoms with Crippen LogP contribution >= 0.6 is 0 Å². The van der Waals surface area contributed by atoms with E-state index in [2.05, 4.69) is 165 Å². The molecule has 7 nitrogen and oxygen atoms in total. The first kappa shape index (κ1) is 29.6. The number of para-hydroxylation sites is 3. The topological polar surface area (TPSA) is 32.6 Å². The Labute approximate surface area is 294 Å². The van der Waals surface area contributed by atoms with Gasteiger partial charge in [-0.1, -0.05) is 66.7 Å². The molecule has 4 atom stereocenters. The normalized spacial score (nSPS) is 24.4. The second-order valence-corrected chi connectivity index (χ2v) is 14.6. The Balaban J connectivity index is 1.17. The van der Waals surface area contributed by atoms with E-state index in [1.807, 2.05) is 0 Å². The summed E-state index contributed by atoms with van der Waals surface area (Å²) < 4.78 is 6.73. The average molecular weight is 661 g/mol. The highest BCUT2D eigenvalue weighted by Crippen LogP contribution is 2.46. The summed E-state index contributed by atoms with van der Waals surface area (Å²) in [6, 6.07) is 31.2. The molecule has 0 saturated carbocycles. The summed E-state index contributed by atoms with van der Waals surface area (Å²) in [6.45, 7) is 4.27. The number of nitrogens with zero attached hydrogens (tertiary/aromatic N) is 6. The number of hydrogen-bond donors (Lipinski definition) is 0. The quantitative estimate of drug-likeness (QED) is 0.188. The zero-order chi connectivity index (χ0) is 33.3. The second-order valence-electron chi connectivity index (χ2n) is 14.6. The van der Waals surface area contributed by atoms with Crippen LogP contribution in [0.1, 0.15) is 36.0 Å². The fraction of sp³-hybridized carbons (Fsp3) is 0.302. The van der Waals surface area contributed by atoms with Gasteiger partial charge in [-0.3, -0.25) is 0 Å². The van der Waals surface area contributed by atoms with Crippen molar-refractivity contribution in [1.82, 2.24) is 14.7 Å². The monoisotopic (exact) mass is 660 g/mol. The SMILES string of the molecule is Cc1ccc2c(oc3ccccc32)c1N1C=CN(C)C1C1CC2N3C=CN2c2ccccc2CCCc2ccccc2N2C=CN(CCC3)C12. The zero-order valence-electron chi connectivity index (χ0n) is 28.9. The molecule has 1 fully saturated rings. The molecule has 50 heavy (non-hydrogen) atoms. The van der Waals surface area contributed by atoms with Crippen molar-refractivity contribution >= 4 is 39.0 Å². The number of rotatable bonds is 2. The summed E-state index contributed by atoms with van der Waals surface area (Å²) in [5.41, 5.74) is 9.82. The summed E-state index contributed by atoms with van der Waals surface area (Å²) in [5, 5.41) is 2.34. The molecule has 4 unspecified atom stereocenters. The molecule has 0 radical (unpaired) electrons. The lowest BCUT2D eigenvalue weighted by Crippen LogP contribution is -2.57. The lowest BCUT2D eigenvalue weighted by molar-refractivity contribution is 0.127. The molecule has 2 bridgehead atoms. The Hall–Kier alpha value is -5.30. The van der Waals surface area contributed by atoms with Gasteiger partial charge in [0.15, 0.2) is 5.58 Å². The summed E-state index contributed by atoms with van der Waals surface area (Å²) in [5.74, 6) is 0.206. The van der Waals surface area contributed by atoms with Crippen LogP contribution in [0, 0.1) is 12.8 Å². The second kappa shape index (κ2) is 11.7. The minimum absolute atomic E-state index is 0.0531. The summed E-state index contributed by atoms with van der Waals surface area (Å²) in [6.07, 6.45) is 19.7. The summed E-state index contributed by atoms with van der Waals surface area (Å²) in [7, 11) is 2.26. The van der Waals surface area contributed by atoms with Gasteiger partial charge in [-0.05, 0) is 73.9 Å². The smallest absolute Gasteiger partial charge is 0.159 e. The molecule has 1 aromatic heterocycles. The van der Waals surface area contributed by atoms with E-state index >= 15 is 0 Å². The Morgan fingerprint density at radius 2 is 1.28 bits per heavy atom. The van der Waals surface area contributed by atoms with Crippen LogP contribution in [0.3, 0.4) is 0 Å². The van der Waals surface area contributed by atoms with Gasteiger partial charge in [0.05, 0.1) is 5.69 Å². The highest BCUT2D eigenvalue weighted by Gasteiger charge is 2.48. The van der Waals surface area contributed by atoms with Crippen molar-refractivity contribution in [3.63, 3.8) is 0 Å². The van der Waals surface area contributed by atoms with Crippen LogP contribution < -0.4 is 14.7 Å². The Bertz CT molecular complexity index is 2180. The van der Waals surface area contributed by atoms with Gasteiger partial charge in [0.25, 0.3) is 0 Å². The minimum atomic E-state index is 0.0531. The van der Waals surface area contributed by atoms with Crippen molar-refractivity contribution in [1.29, 1.82) is 0 Å². The van der Waals surface area contributed by atoms with Crippen LogP contribution in [0.2, 0.25) is 0 Å². The molecule has 4 aromatic carbocycles. The van der Waals surface area contributed by atoms with E-state index in [0.29, 0.717) is 0 Å². The van der Waals surface area contributed by atoms with Crippen LogP contribution in [-0.4, -0.2) is 53.3 Å². The van der Waals surface area contributed by atoms with Crippen molar-refractivity contribution in [3.8, 4) is 0 Å². The van der Waals surface area contributed by atoms with Gasteiger partial charge in [-0.15, -0.1) is 0 Å². The van der Waals surface area contributed by atoms with E-state index in [4.69, 9.17) is 4.42 Å². The first-order valence-electron chi connectivity index (χ1n) is 18.3. The van der Waals surface area contributed by atoms with Gasteiger partial charge >= 0.3 is 0 Å². The maximum absolute atomic E-state index is 6.73. The molecule has 5 aliphatic rings. The first-order chi connectivity index (χ1) is 24.6. The Kier molecular flexibility index (Phi) is 6.90. The summed E-state index contributed by atoms with van der Waals surface area (Å²) in [4.78, 5) is 15.5. The standard InChI is InChI=1S/C43H44N6O/c1-30-19-20-34-33-15-5-8-18-38(33)50-41(34)40(30)49-26-23-44(2)42(49)35-29-39-45-21-10-22-46-25-28-48(43(35)46)37-17-7-4-12-32(37)14-9-13-31-11-3-6-16-36(31)47(39)27-24-45/h3-8,11-12,15-20,23-28,35,39,42-43H,9-10,13-14,21-22,29H2,1-2H3. The number of aryl methyl sites for hydroxylation is 3. The fourth-order valence-electron chi connectivity index (χ4n) is 9.56. The van der Waals surface area contributed by atoms with Gasteiger partial charge in [-0.25, -0.2) is 0 Å². The first-order valence-corrected chi connectivity index (χ1v) is 18.3. The lowest BCUT2D eigenvalue weighted by atomic mass is 9.91. The molecular formula is C43H44N6O. The molecule has 252 valence electrons. The van der Waals surface area contributed by atoms with E-state index in [1.54, 1.807) is 0 Å². The van der Waals surface area contributed by atoms with E-state index in [0.717, 1.165) is 62.0 Å². The van der Waals surface area contributed by atoms with Crippen molar-refractivity contribution in [2.75, 3.05) is 34.8 Å². The molecule has 0 aliphatic carbocycles.